The average Bonchev–Trinajstić information content (AvgIpc) is 2.83. The van der Waals surface area contributed by atoms with E-state index < -0.39 is 0 Å². The molecule has 0 radical (unpaired) electrons. The zero-order valence-corrected chi connectivity index (χ0v) is 20.2. The predicted molar refractivity (Wildman–Crippen MR) is 138 cm³/mol. The third-order valence-electron chi connectivity index (χ3n) is 5.70. The molecule has 0 spiro atoms. The van der Waals surface area contributed by atoms with Gasteiger partial charge in [0.25, 0.3) is 0 Å². The monoisotopic (exact) mass is 479 g/mol. The number of aryl methyl sites for hydroxylation is 1. The molecule has 1 aromatic heterocycles. The van der Waals surface area contributed by atoms with Crippen LogP contribution in [0.25, 0.3) is 0 Å². The SMILES string of the molecule is C[C@@H]1CCCN(c2cc(Oc3ccccc3)nc(NC(=S)NCCCc3ccc(F)cc3)n2)C1. The fraction of sp³-hybridized carbons (Fsp3) is 0.346. The summed E-state index contributed by atoms with van der Waals surface area (Å²) >= 11 is 5.47. The van der Waals surface area contributed by atoms with Crippen LogP contribution in [0.3, 0.4) is 0 Å². The molecule has 0 aliphatic carbocycles. The van der Waals surface area contributed by atoms with Gasteiger partial charge in [0.05, 0.1) is 0 Å². The minimum absolute atomic E-state index is 0.218. The molecule has 8 heteroatoms. The normalized spacial score (nSPS) is 15.6. The van der Waals surface area contributed by atoms with Crippen molar-refractivity contribution in [3.63, 3.8) is 0 Å². The number of para-hydroxylation sites is 1. The Morgan fingerprint density at radius 1 is 1.15 bits per heavy atom. The number of thiocarbonyl (C=S) groups is 1. The maximum Gasteiger partial charge on any atom is 0.234 e. The topological polar surface area (TPSA) is 62.3 Å². The summed E-state index contributed by atoms with van der Waals surface area (Å²) in [4.78, 5) is 11.5. The van der Waals surface area contributed by atoms with Gasteiger partial charge in [-0.15, -0.1) is 0 Å². The minimum atomic E-state index is -0.218. The Morgan fingerprint density at radius 2 is 1.94 bits per heavy atom. The zero-order valence-electron chi connectivity index (χ0n) is 19.3. The smallest absolute Gasteiger partial charge is 0.234 e. The van der Waals surface area contributed by atoms with Crippen molar-refractivity contribution in [2.45, 2.75) is 32.6 Å². The van der Waals surface area contributed by atoms with E-state index in [1.807, 2.05) is 36.4 Å². The van der Waals surface area contributed by atoms with Gasteiger partial charge in [0.1, 0.15) is 17.4 Å². The Balaban J connectivity index is 1.39. The molecular formula is C26H30FN5OS. The van der Waals surface area contributed by atoms with Crippen molar-refractivity contribution < 1.29 is 9.13 Å². The molecule has 1 atom stereocenters. The number of anilines is 2. The highest BCUT2D eigenvalue weighted by Crippen LogP contribution is 2.27. The number of nitrogens with zero attached hydrogens (tertiary/aromatic N) is 3. The molecule has 0 unspecified atom stereocenters. The number of ether oxygens (including phenoxy) is 1. The van der Waals surface area contributed by atoms with Crippen LogP contribution < -0.4 is 20.3 Å². The number of hydrogen-bond donors (Lipinski definition) is 2. The standard InChI is InChI=1S/C26H30FN5OS/c1-19-7-6-16-32(18-19)23-17-24(33-22-9-3-2-4-10-22)30-25(29-23)31-26(34)28-15-5-8-20-11-13-21(27)14-12-20/h2-4,9-14,17,19H,5-8,15-16,18H2,1H3,(H2,28,29,30,31,34)/t19-/m1/s1. The molecule has 0 saturated carbocycles. The van der Waals surface area contributed by atoms with Crippen molar-refractivity contribution >= 4 is 29.1 Å². The molecule has 3 aromatic rings. The molecule has 2 aromatic carbocycles. The molecular weight excluding hydrogens is 449 g/mol. The highest BCUT2D eigenvalue weighted by Gasteiger charge is 2.20. The van der Waals surface area contributed by atoms with E-state index in [9.17, 15) is 4.39 Å². The van der Waals surface area contributed by atoms with E-state index in [1.54, 1.807) is 12.1 Å². The first kappa shape index (κ1) is 23.9. The molecule has 1 aliphatic heterocycles. The van der Waals surface area contributed by atoms with Crippen LogP contribution in [-0.2, 0) is 6.42 Å². The Labute approximate surface area is 205 Å². The maximum absolute atomic E-state index is 13.0. The van der Waals surface area contributed by atoms with Crippen molar-refractivity contribution in [2.75, 3.05) is 29.9 Å². The van der Waals surface area contributed by atoms with Gasteiger partial charge in [-0.2, -0.15) is 9.97 Å². The Hall–Kier alpha value is -3.26. The summed E-state index contributed by atoms with van der Waals surface area (Å²) in [6, 6.07) is 18.0. The second-order valence-corrected chi connectivity index (χ2v) is 9.02. The number of benzene rings is 2. The number of aromatic nitrogens is 2. The van der Waals surface area contributed by atoms with Gasteiger partial charge in [0, 0.05) is 25.7 Å². The van der Waals surface area contributed by atoms with Crippen LogP contribution in [0, 0.1) is 11.7 Å². The molecule has 1 saturated heterocycles. The summed E-state index contributed by atoms with van der Waals surface area (Å²) in [5.74, 6) is 2.81. The van der Waals surface area contributed by atoms with Crippen LogP contribution in [0.1, 0.15) is 31.7 Å². The molecule has 178 valence electrons. The number of rotatable bonds is 8. The summed E-state index contributed by atoms with van der Waals surface area (Å²) in [7, 11) is 0. The first-order chi connectivity index (χ1) is 16.5. The van der Waals surface area contributed by atoms with Crippen LogP contribution in [0.15, 0.2) is 60.7 Å². The van der Waals surface area contributed by atoms with Gasteiger partial charge >= 0.3 is 0 Å². The molecule has 2 N–H and O–H groups in total. The number of nitrogens with one attached hydrogen (secondary N) is 2. The van der Waals surface area contributed by atoms with Crippen LogP contribution in [0.4, 0.5) is 16.2 Å². The fourth-order valence-corrected chi connectivity index (χ4v) is 4.17. The summed E-state index contributed by atoms with van der Waals surface area (Å²) in [6.07, 6.45) is 4.06. The number of halogens is 1. The van der Waals surface area contributed by atoms with Gasteiger partial charge in [0.15, 0.2) is 5.11 Å². The van der Waals surface area contributed by atoms with Gasteiger partial charge in [0.2, 0.25) is 11.8 Å². The van der Waals surface area contributed by atoms with E-state index in [4.69, 9.17) is 21.9 Å². The van der Waals surface area contributed by atoms with E-state index in [0.717, 1.165) is 43.7 Å². The lowest BCUT2D eigenvalue weighted by molar-refractivity contribution is 0.440. The molecule has 6 nitrogen and oxygen atoms in total. The average molecular weight is 480 g/mol. The van der Waals surface area contributed by atoms with Crippen LogP contribution >= 0.6 is 12.2 Å². The van der Waals surface area contributed by atoms with E-state index in [2.05, 4.69) is 27.4 Å². The second-order valence-electron chi connectivity index (χ2n) is 8.61. The largest absolute Gasteiger partial charge is 0.439 e. The highest BCUT2D eigenvalue weighted by atomic mass is 32.1. The fourth-order valence-electron chi connectivity index (χ4n) is 3.98. The van der Waals surface area contributed by atoms with Gasteiger partial charge in [-0.1, -0.05) is 37.3 Å². The van der Waals surface area contributed by atoms with Gasteiger partial charge < -0.3 is 20.3 Å². The minimum Gasteiger partial charge on any atom is -0.439 e. The molecule has 4 rings (SSSR count). The third kappa shape index (κ3) is 7.12. The lowest BCUT2D eigenvalue weighted by Gasteiger charge is -2.32. The van der Waals surface area contributed by atoms with Crippen molar-refractivity contribution in [1.29, 1.82) is 0 Å². The molecule has 2 heterocycles. The third-order valence-corrected chi connectivity index (χ3v) is 5.95. The molecule has 34 heavy (non-hydrogen) atoms. The summed E-state index contributed by atoms with van der Waals surface area (Å²) < 4.78 is 19.0. The van der Waals surface area contributed by atoms with Crippen LogP contribution in [0.2, 0.25) is 0 Å². The van der Waals surface area contributed by atoms with Gasteiger partial charge in [-0.3, -0.25) is 0 Å². The second kappa shape index (κ2) is 11.7. The van der Waals surface area contributed by atoms with E-state index in [0.29, 0.717) is 35.2 Å². The highest BCUT2D eigenvalue weighted by molar-refractivity contribution is 7.80. The lowest BCUT2D eigenvalue weighted by atomic mass is 10.0. The molecule has 1 aliphatic rings. The zero-order chi connectivity index (χ0) is 23.8. The van der Waals surface area contributed by atoms with Crippen molar-refractivity contribution in [3.8, 4) is 11.6 Å². The first-order valence-corrected chi connectivity index (χ1v) is 12.1. The quantitative estimate of drug-likeness (QED) is 0.324. The molecule has 0 bridgehead atoms. The predicted octanol–water partition coefficient (Wildman–Crippen LogP) is 5.56. The number of hydrogen-bond acceptors (Lipinski definition) is 5. The summed E-state index contributed by atoms with van der Waals surface area (Å²) in [6.45, 7) is 4.85. The Bertz CT molecular complexity index is 1080. The lowest BCUT2D eigenvalue weighted by Crippen LogP contribution is -2.35. The summed E-state index contributed by atoms with van der Waals surface area (Å²) in [5.41, 5.74) is 1.09. The van der Waals surface area contributed by atoms with Crippen molar-refractivity contribution in [1.82, 2.24) is 15.3 Å². The van der Waals surface area contributed by atoms with Crippen LogP contribution in [-0.4, -0.2) is 34.7 Å². The molecule has 0 amide bonds. The Morgan fingerprint density at radius 3 is 2.71 bits per heavy atom. The Kier molecular flexibility index (Phi) is 8.25. The van der Waals surface area contributed by atoms with Crippen LogP contribution in [0.5, 0.6) is 11.6 Å². The van der Waals surface area contributed by atoms with E-state index >= 15 is 0 Å². The van der Waals surface area contributed by atoms with E-state index in [-0.39, 0.29) is 5.82 Å². The van der Waals surface area contributed by atoms with Crippen molar-refractivity contribution in [2.24, 2.45) is 5.92 Å². The summed E-state index contributed by atoms with van der Waals surface area (Å²) in [5, 5.41) is 6.76. The van der Waals surface area contributed by atoms with Crippen molar-refractivity contribution in [3.05, 3.63) is 72.0 Å². The van der Waals surface area contributed by atoms with Gasteiger partial charge in [-0.25, -0.2) is 4.39 Å². The molecule has 1 fully saturated rings. The maximum atomic E-state index is 13.0. The van der Waals surface area contributed by atoms with E-state index in [1.165, 1.54) is 18.6 Å². The first-order valence-electron chi connectivity index (χ1n) is 11.7. The number of piperidine rings is 1. The van der Waals surface area contributed by atoms with Gasteiger partial charge in [-0.05, 0) is 73.6 Å².